The van der Waals surface area contributed by atoms with Crippen molar-refractivity contribution in [2.24, 2.45) is 0 Å². The molecule has 0 unspecified atom stereocenters. The van der Waals surface area contributed by atoms with Gasteiger partial charge in [0.05, 0.1) is 0 Å². The Morgan fingerprint density at radius 1 is 1.53 bits per heavy atom. The summed E-state index contributed by atoms with van der Waals surface area (Å²) in [6.07, 6.45) is -0.279. The van der Waals surface area contributed by atoms with E-state index in [0.29, 0.717) is 13.0 Å². The first kappa shape index (κ1) is 11.3. The Bertz CT molecular complexity index is 372. The number of carboxylic acid groups (broad SMARTS) is 1. The lowest BCUT2D eigenvalue weighted by Gasteiger charge is -2.04. The van der Waals surface area contributed by atoms with Gasteiger partial charge in [0.1, 0.15) is 0 Å². The molecule has 0 heterocycles. The van der Waals surface area contributed by atoms with Crippen molar-refractivity contribution in [2.75, 3.05) is 6.54 Å². The normalized spacial score (nSPS) is 9.67. The number of allylic oxidation sites excluding steroid dienone is 1. The molecule has 0 saturated carbocycles. The summed E-state index contributed by atoms with van der Waals surface area (Å²) < 4.78 is 0. The SMILES string of the molecule is C=C(C)c1cccc(CCNC(=O)O)c1. The summed E-state index contributed by atoms with van der Waals surface area (Å²) in [6, 6.07) is 7.97. The number of rotatable bonds is 4. The third kappa shape index (κ3) is 3.85. The first-order valence-electron chi connectivity index (χ1n) is 4.81. The maximum Gasteiger partial charge on any atom is 0.404 e. The lowest BCUT2D eigenvalue weighted by atomic mass is 10.0. The molecule has 0 atom stereocenters. The van der Waals surface area contributed by atoms with E-state index < -0.39 is 6.09 Å². The monoisotopic (exact) mass is 205 g/mol. The second-order valence-electron chi connectivity index (χ2n) is 3.46. The van der Waals surface area contributed by atoms with Crippen LogP contribution in [0.5, 0.6) is 0 Å². The predicted octanol–water partition coefficient (Wildman–Crippen LogP) is 2.53. The summed E-state index contributed by atoms with van der Waals surface area (Å²) >= 11 is 0. The molecule has 0 aliphatic rings. The third-order valence-corrected chi connectivity index (χ3v) is 2.11. The highest BCUT2D eigenvalue weighted by Gasteiger charge is 1.98. The number of carbonyl (C=O) groups is 1. The Morgan fingerprint density at radius 3 is 2.87 bits per heavy atom. The fourth-order valence-electron chi connectivity index (χ4n) is 1.31. The van der Waals surface area contributed by atoms with Crippen molar-refractivity contribution in [3.8, 4) is 0 Å². The van der Waals surface area contributed by atoms with E-state index >= 15 is 0 Å². The standard InChI is InChI=1S/C12H15NO2/c1-9(2)11-5-3-4-10(8-11)6-7-13-12(14)15/h3-5,8,13H,1,6-7H2,2H3,(H,14,15). The van der Waals surface area contributed by atoms with E-state index in [4.69, 9.17) is 5.11 Å². The van der Waals surface area contributed by atoms with E-state index in [-0.39, 0.29) is 0 Å². The van der Waals surface area contributed by atoms with Crippen molar-refractivity contribution in [3.05, 3.63) is 42.0 Å². The Labute approximate surface area is 89.4 Å². The summed E-state index contributed by atoms with van der Waals surface area (Å²) in [5, 5.41) is 10.7. The van der Waals surface area contributed by atoms with Crippen LogP contribution in [0.15, 0.2) is 30.8 Å². The molecule has 2 N–H and O–H groups in total. The molecule has 0 saturated heterocycles. The number of hydrogen-bond donors (Lipinski definition) is 2. The molecule has 0 bridgehead atoms. The van der Waals surface area contributed by atoms with Gasteiger partial charge in [0, 0.05) is 6.54 Å². The minimum absolute atomic E-state index is 0.439. The Balaban J connectivity index is 2.58. The summed E-state index contributed by atoms with van der Waals surface area (Å²) in [6.45, 7) is 6.26. The van der Waals surface area contributed by atoms with Gasteiger partial charge in [0.15, 0.2) is 0 Å². The maximum atomic E-state index is 10.2. The number of benzene rings is 1. The molecule has 0 radical (unpaired) electrons. The van der Waals surface area contributed by atoms with E-state index in [2.05, 4.69) is 11.9 Å². The van der Waals surface area contributed by atoms with Crippen molar-refractivity contribution in [2.45, 2.75) is 13.3 Å². The lowest BCUT2D eigenvalue weighted by molar-refractivity contribution is 0.194. The smallest absolute Gasteiger partial charge is 0.404 e. The van der Waals surface area contributed by atoms with Crippen LogP contribution in [0.25, 0.3) is 5.57 Å². The van der Waals surface area contributed by atoms with Gasteiger partial charge in [0.25, 0.3) is 0 Å². The highest BCUT2D eigenvalue weighted by atomic mass is 16.4. The van der Waals surface area contributed by atoms with Crippen LogP contribution in [0.4, 0.5) is 4.79 Å². The number of hydrogen-bond acceptors (Lipinski definition) is 1. The predicted molar refractivity (Wildman–Crippen MR) is 60.9 cm³/mol. The summed E-state index contributed by atoms with van der Waals surface area (Å²) in [5.41, 5.74) is 3.23. The zero-order valence-corrected chi connectivity index (χ0v) is 8.79. The molecule has 0 aliphatic carbocycles. The van der Waals surface area contributed by atoms with Crippen LogP contribution in [-0.2, 0) is 6.42 Å². The zero-order valence-electron chi connectivity index (χ0n) is 8.79. The van der Waals surface area contributed by atoms with Crippen LogP contribution in [0.3, 0.4) is 0 Å². The van der Waals surface area contributed by atoms with Crippen LogP contribution in [0, 0.1) is 0 Å². The molecule has 0 aromatic heterocycles. The largest absolute Gasteiger partial charge is 0.465 e. The quantitative estimate of drug-likeness (QED) is 0.793. The van der Waals surface area contributed by atoms with E-state index in [1.165, 1.54) is 0 Å². The van der Waals surface area contributed by atoms with Crippen LogP contribution >= 0.6 is 0 Å². The second-order valence-corrected chi connectivity index (χ2v) is 3.46. The second kappa shape index (κ2) is 5.20. The first-order valence-corrected chi connectivity index (χ1v) is 4.81. The van der Waals surface area contributed by atoms with Crippen molar-refractivity contribution in [1.82, 2.24) is 5.32 Å². The molecule has 0 spiro atoms. The molecule has 3 heteroatoms. The minimum Gasteiger partial charge on any atom is -0.465 e. The third-order valence-electron chi connectivity index (χ3n) is 2.11. The van der Waals surface area contributed by atoms with E-state index in [1.807, 2.05) is 31.2 Å². The summed E-state index contributed by atoms with van der Waals surface area (Å²) in [5.74, 6) is 0. The van der Waals surface area contributed by atoms with E-state index in [1.54, 1.807) is 0 Å². The van der Waals surface area contributed by atoms with Crippen molar-refractivity contribution < 1.29 is 9.90 Å². The van der Waals surface area contributed by atoms with Gasteiger partial charge in [-0.3, -0.25) is 0 Å². The number of nitrogens with one attached hydrogen (secondary N) is 1. The fourth-order valence-corrected chi connectivity index (χ4v) is 1.31. The highest BCUT2D eigenvalue weighted by Crippen LogP contribution is 2.13. The maximum absolute atomic E-state index is 10.2. The summed E-state index contributed by atoms with van der Waals surface area (Å²) in [7, 11) is 0. The van der Waals surface area contributed by atoms with Gasteiger partial charge in [-0.25, -0.2) is 4.79 Å². The average molecular weight is 205 g/mol. The Kier molecular flexibility index (Phi) is 3.92. The summed E-state index contributed by atoms with van der Waals surface area (Å²) in [4.78, 5) is 10.2. The van der Waals surface area contributed by atoms with Gasteiger partial charge < -0.3 is 10.4 Å². The van der Waals surface area contributed by atoms with E-state index in [0.717, 1.165) is 16.7 Å². The van der Waals surface area contributed by atoms with Crippen LogP contribution in [-0.4, -0.2) is 17.7 Å². The van der Waals surface area contributed by atoms with Gasteiger partial charge >= 0.3 is 6.09 Å². The highest BCUT2D eigenvalue weighted by molar-refractivity contribution is 5.64. The van der Waals surface area contributed by atoms with Gasteiger partial charge in [0.2, 0.25) is 0 Å². The van der Waals surface area contributed by atoms with Crippen molar-refractivity contribution in [3.63, 3.8) is 0 Å². The number of amides is 1. The minimum atomic E-state index is -0.981. The van der Waals surface area contributed by atoms with Gasteiger partial charge in [-0.05, 0) is 24.5 Å². The van der Waals surface area contributed by atoms with Crippen LogP contribution < -0.4 is 5.32 Å². The molecule has 0 aliphatic heterocycles. The molecule has 3 nitrogen and oxygen atoms in total. The fraction of sp³-hybridized carbons (Fsp3) is 0.250. The molecule has 80 valence electrons. The van der Waals surface area contributed by atoms with Crippen molar-refractivity contribution in [1.29, 1.82) is 0 Å². The van der Waals surface area contributed by atoms with Gasteiger partial charge in [-0.2, -0.15) is 0 Å². The van der Waals surface area contributed by atoms with Gasteiger partial charge in [-0.1, -0.05) is 36.4 Å². The van der Waals surface area contributed by atoms with E-state index in [9.17, 15) is 4.79 Å². The zero-order chi connectivity index (χ0) is 11.3. The molecule has 1 aromatic rings. The molecule has 1 aromatic carbocycles. The van der Waals surface area contributed by atoms with Gasteiger partial charge in [-0.15, -0.1) is 0 Å². The van der Waals surface area contributed by atoms with Crippen molar-refractivity contribution >= 4 is 11.7 Å². The molecular weight excluding hydrogens is 190 g/mol. The van der Waals surface area contributed by atoms with Crippen LogP contribution in [0.2, 0.25) is 0 Å². The molecule has 15 heavy (non-hydrogen) atoms. The Morgan fingerprint density at radius 2 is 2.27 bits per heavy atom. The molecule has 1 amide bonds. The Hall–Kier alpha value is -1.77. The lowest BCUT2D eigenvalue weighted by Crippen LogP contribution is -2.23. The van der Waals surface area contributed by atoms with Crippen LogP contribution in [0.1, 0.15) is 18.1 Å². The topological polar surface area (TPSA) is 49.3 Å². The molecule has 1 rings (SSSR count). The average Bonchev–Trinajstić information content (AvgIpc) is 2.17. The molecular formula is C12H15NO2. The first-order chi connectivity index (χ1) is 7.09. The molecule has 0 fully saturated rings.